The second kappa shape index (κ2) is 9.48. The lowest BCUT2D eigenvalue weighted by atomic mass is 10.2. The van der Waals surface area contributed by atoms with E-state index >= 15 is 0 Å². The number of aryl methyl sites for hydroxylation is 1. The van der Waals surface area contributed by atoms with Crippen LogP contribution in [0.2, 0.25) is 0 Å². The predicted molar refractivity (Wildman–Crippen MR) is 111 cm³/mol. The standard InChI is InChI=1S/C17H22Cl2N4O6S/c1-9-4-5-11(6-13(9)30(28,29)22(3)10(2)17(26)27)21-14(24)8-23-16(25)15(19)12(18)7-20-23/h4-6,10,12,15,20H,7-8H2,1-3H3,(H,21,24)(H,26,27)/t10-,12?,15?/m0/s1. The van der Waals surface area contributed by atoms with E-state index in [1.54, 1.807) is 6.92 Å². The van der Waals surface area contributed by atoms with E-state index < -0.39 is 44.6 Å². The lowest BCUT2D eigenvalue weighted by Gasteiger charge is -2.32. The first-order valence-electron chi connectivity index (χ1n) is 8.80. The first kappa shape index (κ1) is 24.4. The second-order valence-electron chi connectivity index (χ2n) is 6.77. The van der Waals surface area contributed by atoms with Crippen molar-refractivity contribution in [3.8, 4) is 0 Å². The summed E-state index contributed by atoms with van der Waals surface area (Å²) in [7, 11) is -2.96. The maximum Gasteiger partial charge on any atom is 0.321 e. The molecule has 10 nitrogen and oxygen atoms in total. The summed E-state index contributed by atoms with van der Waals surface area (Å²) in [6.45, 7) is 2.64. The third-order valence-corrected chi connectivity index (χ3v) is 7.73. The highest BCUT2D eigenvalue weighted by Gasteiger charge is 2.35. The Hall–Kier alpha value is -1.92. The van der Waals surface area contributed by atoms with E-state index in [1.165, 1.54) is 32.2 Å². The molecule has 1 aromatic carbocycles. The van der Waals surface area contributed by atoms with E-state index in [0.29, 0.717) is 5.56 Å². The number of benzene rings is 1. The highest BCUT2D eigenvalue weighted by atomic mass is 35.5. The summed E-state index contributed by atoms with van der Waals surface area (Å²) in [6, 6.07) is 2.94. The Morgan fingerprint density at radius 1 is 1.40 bits per heavy atom. The van der Waals surface area contributed by atoms with Gasteiger partial charge in [-0.25, -0.2) is 13.8 Å². The largest absolute Gasteiger partial charge is 0.480 e. The fourth-order valence-electron chi connectivity index (χ4n) is 2.63. The number of aliphatic carboxylic acids is 1. The Morgan fingerprint density at radius 3 is 2.63 bits per heavy atom. The highest BCUT2D eigenvalue weighted by molar-refractivity contribution is 7.89. The van der Waals surface area contributed by atoms with Gasteiger partial charge in [-0.1, -0.05) is 6.07 Å². The molecule has 2 amide bonds. The molecule has 0 radical (unpaired) electrons. The maximum atomic E-state index is 12.8. The van der Waals surface area contributed by atoms with Gasteiger partial charge in [0, 0.05) is 19.3 Å². The van der Waals surface area contributed by atoms with Gasteiger partial charge in [-0.2, -0.15) is 4.31 Å². The van der Waals surface area contributed by atoms with Gasteiger partial charge in [-0.05, 0) is 31.5 Å². The first-order valence-corrected chi connectivity index (χ1v) is 11.1. The van der Waals surface area contributed by atoms with Gasteiger partial charge in [-0.3, -0.25) is 19.4 Å². The number of anilines is 1. The van der Waals surface area contributed by atoms with Crippen molar-refractivity contribution in [3.05, 3.63) is 23.8 Å². The summed E-state index contributed by atoms with van der Waals surface area (Å²) in [6.07, 6.45) is 0. The van der Waals surface area contributed by atoms with Gasteiger partial charge in [-0.15, -0.1) is 23.2 Å². The molecule has 3 N–H and O–H groups in total. The van der Waals surface area contributed by atoms with Crippen LogP contribution in [-0.4, -0.2) is 77.6 Å². The number of nitrogens with zero attached hydrogens (tertiary/aromatic N) is 2. The molecule has 1 fully saturated rings. The quantitative estimate of drug-likeness (QED) is 0.485. The summed E-state index contributed by atoms with van der Waals surface area (Å²) in [5.74, 6) is -2.43. The minimum Gasteiger partial charge on any atom is -0.480 e. The molecule has 2 unspecified atom stereocenters. The number of carboxylic acids is 1. The van der Waals surface area contributed by atoms with Gasteiger partial charge >= 0.3 is 5.97 Å². The van der Waals surface area contributed by atoms with Crippen molar-refractivity contribution in [3.63, 3.8) is 0 Å². The zero-order valence-corrected chi connectivity index (χ0v) is 18.8. The Morgan fingerprint density at radius 2 is 2.03 bits per heavy atom. The molecule has 0 aromatic heterocycles. The average Bonchev–Trinajstić information content (AvgIpc) is 2.68. The third-order valence-electron chi connectivity index (χ3n) is 4.63. The van der Waals surface area contributed by atoms with Crippen LogP contribution in [0, 0.1) is 6.92 Å². The van der Waals surface area contributed by atoms with Crippen LogP contribution in [0.5, 0.6) is 0 Å². The van der Waals surface area contributed by atoms with Gasteiger partial charge in [0.15, 0.2) is 0 Å². The topological polar surface area (TPSA) is 136 Å². The number of likely N-dealkylation sites (N-methyl/N-ethyl adjacent to an activating group) is 1. The van der Waals surface area contributed by atoms with Crippen LogP contribution < -0.4 is 10.7 Å². The van der Waals surface area contributed by atoms with Crippen LogP contribution in [0.4, 0.5) is 5.69 Å². The first-order chi connectivity index (χ1) is 13.9. The van der Waals surface area contributed by atoms with Crippen LogP contribution in [0.25, 0.3) is 0 Å². The molecule has 166 valence electrons. The monoisotopic (exact) mass is 480 g/mol. The molecule has 1 aromatic rings. The number of carboxylic acid groups (broad SMARTS) is 1. The number of carbonyl (C=O) groups is 3. The zero-order valence-electron chi connectivity index (χ0n) is 16.4. The van der Waals surface area contributed by atoms with E-state index in [0.717, 1.165) is 9.31 Å². The van der Waals surface area contributed by atoms with Crippen molar-refractivity contribution < 1.29 is 27.9 Å². The number of hydrazine groups is 1. The van der Waals surface area contributed by atoms with Gasteiger partial charge in [0.05, 0.1) is 10.3 Å². The van der Waals surface area contributed by atoms with E-state index in [-0.39, 0.29) is 23.7 Å². The Kier molecular flexibility index (Phi) is 7.69. The number of carbonyl (C=O) groups excluding carboxylic acids is 2. The van der Waals surface area contributed by atoms with Crippen LogP contribution in [0.1, 0.15) is 12.5 Å². The normalized spacial score (nSPS) is 20.9. The average molecular weight is 481 g/mol. The summed E-state index contributed by atoms with van der Waals surface area (Å²) < 4.78 is 26.4. The number of nitrogens with one attached hydrogen (secondary N) is 2. The molecule has 0 aliphatic carbocycles. The molecule has 1 aliphatic rings. The smallest absolute Gasteiger partial charge is 0.321 e. The number of hydrogen-bond donors (Lipinski definition) is 3. The van der Waals surface area contributed by atoms with Gasteiger partial charge in [0.2, 0.25) is 15.9 Å². The van der Waals surface area contributed by atoms with Crippen molar-refractivity contribution in [2.45, 2.75) is 35.5 Å². The predicted octanol–water partition coefficient (Wildman–Crippen LogP) is 0.589. The summed E-state index contributed by atoms with van der Waals surface area (Å²) >= 11 is 11.8. The highest BCUT2D eigenvalue weighted by Crippen LogP contribution is 2.24. The number of alkyl halides is 2. The molecule has 1 aliphatic heterocycles. The van der Waals surface area contributed by atoms with Crippen molar-refractivity contribution in [1.82, 2.24) is 14.7 Å². The minimum atomic E-state index is -4.13. The van der Waals surface area contributed by atoms with Crippen LogP contribution >= 0.6 is 23.2 Å². The molecule has 13 heteroatoms. The van der Waals surface area contributed by atoms with Crippen LogP contribution in [-0.2, 0) is 24.4 Å². The van der Waals surface area contributed by atoms with Crippen molar-refractivity contribution in [2.75, 3.05) is 25.5 Å². The van der Waals surface area contributed by atoms with Gasteiger partial charge < -0.3 is 10.4 Å². The minimum absolute atomic E-state index is 0.145. The molecule has 0 bridgehead atoms. The van der Waals surface area contributed by atoms with Crippen molar-refractivity contribution in [2.24, 2.45) is 0 Å². The number of amides is 2. The fraction of sp³-hybridized carbons (Fsp3) is 0.471. The number of sulfonamides is 1. The zero-order chi connectivity index (χ0) is 22.8. The van der Waals surface area contributed by atoms with Crippen LogP contribution in [0.3, 0.4) is 0 Å². The molecular weight excluding hydrogens is 459 g/mol. The molecule has 0 saturated carbocycles. The summed E-state index contributed by atoms with van der Waals surface area (Å²) in [5, 5.41) is 11.1. The lowest BCUT2D eigenvalue weighted by Crippen LogP contribution is -2.58. The van der Waals surface area contributed by atoms with E-state index in [2.05, 4.69) is 10.7 Å². The summed E-state index contributed by atoms with van der Waals surface area (Å²) in [5.41, 5.74) is 3.24. The number of rotatable bonds is 7. The third kappa shape index (κ3) is 5.22. The maximum absolute atomic E-state index is 12.8. The van der Waals surface area contributed by atoms with Crippen LogP contribution in [0.15, 0.2) is 23.1 Å². The lowest BCUT2D eigenvalue weighted by molar-refractivity contribution is -0.140. The van der Waals surface area contributed by atoms with Crippen molar-refractivity contribution >= 4 is 56.7 Å². The number of halogens is 2. The second-order valence-corrected chi connectivity index (χ2v) is 9.76. The SMILES string of the molecule is Cc1ccc(NC(=O)CN2NCC(Cl)C(Cl)C2=O)cc1S(=O)(=O)N(C)[C@@H](C)C(=O)O. The molecule has 1 heterocycles. The van der Waals surface area contributed by atoms with Gasteiger partial charge in [0.1, 0.15) is 18.0 Å². The molecule has 2 rings (SSSR count). The molecule has 3 atom stereocenters. The molecule has 0 spiro atoms. The Bertz CT molecular complexity index is 958. The molecular formula is C17H22Cl2N4O6S. The van der Waals surface area contributed by atoms with E-state index in [4.69, 9.17) is 28.3 Å². The molecule has 30 heavy (non-hydrogen) atoms. The Balaban J connectivity index is 2.18. The van der Waals surface area contributed by atoms with Gasteiger partial charge in [0.25, 0.3) is 5.91 Å². The Labute approximate surface area is 184 Å². The molecule has 1 saturated heterocycles. The van der Waals surface area contributed by atoms with E-state index in [1.807, 2.05) is 0 Å². The number of hydrogen-bond acceptors (Lipinski definition) is 6. The van der Waals surface area contributed by atoms with Crippen molar-refractivity contribution in [1.29, 1.82) is 0 Å². The van der Waals surface area contributed by atoms with E-state index in [9.17, 15) is 22.8 Å². The fourth-order valence-corrected chi connectivity index (χ4v) is 4.59. The summed E-state index contributed by atoms with van der Waals surface area (Å²) in [4.78, 5) is 35.4.